The molecule has 4 heterocycles. The summed E-state index contributed by atoms with van der Waals surface area (Å²) < 4.78 is 9.06. The lowest BCUT2D eigenvalue weighted by atomic mass is 10.1. The number of hydrogen-bond donors (Lipinski definition) is 1. The molecule has 0 amide bonds. The van der Waals surface area contributed by atoms with E-state index in [9.17, 15) is 4.79 Å². The van der Waals surface area contributed by atoms with Gasteiger partial charge in [-0.15, -0.1) is 5.92 Å². The van der Waals surface area contributed by atoms with Crippen molar-refractivity contribution >= 4 is 28.1 Å². The summed E-state index contributed by atoms with van der Waals surface area (Å²) in [4.78, 5) is 24.8. The van der Waals surface area contributed by atoms with Gasteiger partial charge >= 0.3 is 0 Å². The van der Waals surface area contributed by atoms with Crippen LogP contribution < -0.4 is 16.2 Å². The van der Waals surface area contributed by atoms with Crippen LogP contribution in [0.4, 0.5) is 5.95 Å². The van der Waals surface area contributed by atoms with Gasteiger partial charge < -0.3 is 15.1 Å². The zero-order valence-electron chi connectivity index (χ0n) is 18.2. The maximum absolute atomic E-state index is 13.4. The average molecular weight is 432 g/mol. The molecule has 0 saturated carbocycles. The number of aromatic nitrogens is 5. The van der Waals surface area contributed by atoms with Crippen molar-refractivity contribution in [2.45, 2.75) is 45.8 Å². The van der Waals surface area contributed by atoms with Crippen LogP contribution in [0.15, 0.2) is 33.6 Å². The smallest absolute Gasteiger partial charge is 0.293 e. The van der Waals surface area contributed by atoms with Crippen LogP contribution in [0.2, 0.25) is 0 Å². The van der Waals surface area contributed by atoms with Crippen LogP contribution in [-0.2, 0) is 13.1 Å². The Bertz CT molecular complexity index is 1420. The lowest BCUT2D eigenvalue weighted by molar-refractivity contribution is 0.482. The van der Waals surface area contributed by atoms with Gasteiger partial charge in [0.1, 0.15) is 23.1 Å². The maximum atomic E-state index is 13.4. The van der Waals surface area contributed by atoms with Crippen molar-refractivity contribution in [2.75, 3.05) is 18.0 Å². The van der Waals surface area contributed by atoms with Crippen LogP contribution in [0.1, 0.15) is 31.2 Å². The van der Waals surface area contributed by atoms with Gasteiger partial charge in [-0.05, 0) is 44.4 Å². The summed E-state index contributed by atoms with van der Waals surface area (Å²) in [6, 6.07) is 5.89. The lowest BCUT2D eigenvalue weighted by Gasteiger charge is -2.31. The number of imidazole rings is 1. The number of rotatable bonds is 4. The van der Waals surface area contributed by atoms with Crippen LogP contribution in [0.25, 0.3) is 22.1 Å². The first kappa shape index (κ1) is 20.3. The predicted molar refractivity (Wildman–Crippen MR) is 123 cm³/mol. The summed E-state index contributed by atoms with van der Waals surface area (Å²) in [5.41, 5.74) is 9.51. The highest BCUT2D eigenvalue weighted by Crippen LogP contribution is 2.23. The highest BCUT2D eigenvalue weighted by Gasteiger charge is 2.24. The summed E-state index contributed by atoms with van der Waals surface area (Å²) in [5, 5.41) is 4.33. The van der Waals surface area contributed by atoms with Gasteiger partial charge in [0.2, 0.25) is 11.8 Å². The zero-order chi connectivity index (χ0) is 22.2. The molecular formula is C23H25N7O2. The SMILES string of the molecule is CC#CCn1c(N2CCCC(N)C2)nc2cnn(Cc3nc4cc(C)ccc4o3)c(=O)c21. The Kier molecular flexibility index (Phi) is 5.15. The number of nitrogens with zero attached hydrogens (tertiary/aromatic N) is 6. The molecule has 1 fully saturated rings. The molecule has 0 aliphatic carbocycles. The topological polar surface area (TPSA) is 108 Å². The monoisotopic (exact) mass is 431 g/mol. The molecule has 1 saturated heterocycles. The molecule has 3 aromatic heterocycles. The number of benzene rings is 1. The normalized spacial score (nSPS) is 16.5. The van der Waals surface area contributed by atoms with Crippen molar-refractivity contribution in [1.29, 1.82) is 0 Å². The van der Waals surface area contributed by atoms with E-state index in [4.69, 9.17) is 15.1 Å². The molecule has 1 aliphatic heterocycles. The number of anilines is 1. The van der Waals surface area contributed by atoms with E-state index in [1.165, 1.54) is 4.68 Å². The third-order valence-corrected chi connectivity index (χ3v) is 5.76. The van der Waals surface area contributed by atoms with Crippen molar-refractivity contribution in [3.05, 3.63) is 46.2 Å². The van der Waals surface area contributed by atoms with E-state index in [0.29, 0.717) is 41.5 Å². The van der Waals surface area contributed by atoms with Gasteiger partial charge in [0.25, 0.3) is 5.56 Å². The quantitative estimate of drug-likeness (QED) is 0.493. The fourth-order valence-electron chi connectivity index (χ4n) is 4.21. The van der Waals surface area contributed by atoms with Gasteiger partial charge in [0.05, 0.1) is 12.7 Å². The standard InChI is InChI=1S/C23H25N7O2/c1-3-4-10-29-21-18(27-23(29)28-9-5-6-16(24)13-28)12-25-30(22(21)31)14-20-26-17-11-15(2)7-8-19(17)32-20/h7-8,11-12,16H,5-6,9-10,13-14,24H2,1-2H3. The van der Waals surface area contributed by atoms with Gasteiger partial charge in [-0.3, -0.25) is 9.36 Å². The highest BCUT2D eigenvalue weighted by atomic mass is 16.3. The third-order valence-electron chi connectivity index (χ3n) is 5.76. The van der Waals surface area contributed by atoms with E-state index in [2.05, 4.69) is 26.8 Å². The molecule has 5 rings (SSSR count). The molecule has 1 aromatic carbocycles. The Morgan fingerprint density at radius 1 is 1.28 bits per heavy atom. The Morgan fingerprint density at radius 2 is 2.16 bits per heavy atom. The van der Waals surface area contributed by atoms with Crippen molar-refractivity contribution in [1.82, 2.24) is 24.3 Å². The molecule has 32 heavy (non-hydrogen) atoms. The number of fused-ring (bicyclic) bond motifs is 2. The van der Waals surface area contributed by atoms with Gasteiger partial charge in [-0.1, -0.05) is 12.0 Å². The van der Waals surface area contributed by atoms with Crippen molar-refractivity contribution in [3.8, 4) is 11.8 Å². The van der Waals surface area contributed by atoms with Crippen LogP contribution in [0.5, 0.6) is 0 Å². The van der Waals surface area contributed by atoms with E-state index < -0.39 is 0 Å². The molecule has 0 radical (unpaired) electrons. The Hall–Kier alpha value is -3.64. The lowest BCUT2D eigenvalue weighted by Crippen LogP contribution is -2.44. The second-order valence-corrected chi connectivity index (χ2v) is 8.19. The van der Waals surface area contributed by atoms with Gasteiger partial charge in [-0.2, -0.15) is 5.10 Å². The summed E-state index contributed by atoms with van der Waals surface area (Å²) in [7, 11) is 0. The van der Waals surface area contributed by atoms with Crippen molar-refractivity contribution in [2.24, 2.45) is 5.73 Å². The minimum absolute atomic E-state index is 0.0897. The second-order valence-electron chi connectivity index (χ2n) is 8.19. The largest absolute Gasteiger partial charge is 0.439 e. The first-order chi connectivity index (χ1) is 15.5. The van der Waals surface area contributed by atoms with E-state index in [1.54, 1.807) is 13.1 Å². The molecular weight excluding hydrogens is 406 g/mol. The number of hydrogen-bond acceptors (Lipinski definition) is 7. The van der Waals surface area contributed by atoms with E-state index >= 15 is 0 Å². The van der Waals surface area contributed by atoms with Crippen LogP contribution in [-0.4, -0.2) is 43.4 Å². The van der Waals surface area contributed by atoms with Gasteiger partial charge in [0, 0.05) is 19.1 Å². The summed E-state index contributed by atoms with van der Waals surface area (Å²) >= 11 is 0. The molecule has 1 unspecified atom stereocenters. The second kappa shape index (κ2) is 8.13. The molecule has 9 heteroatoms. The van der Waals surface area contributed by atoms with E-state index in [0.717, 1.165) is 30.5 Å². The first-order valence-electron chi connectivity index (χ1n) is 10.8. The molecule has 1 atom stereocenters. The van der Waals surface area contributed by atoms with Crippen LogP contribution in [0, 0.1) is 18.8 Å². The predicted octanol–water partition coefficient (Wildman–Crippen LogP) is 2.04. The van der Waals surface area contributed by atoms with Gasteiger partial charge in [-0.25, -0.2) is 14.6 Å². The fraction of sp³-hybridized carbons (Fsp3) is 0.391. The van der Waals surface area contributed by atoms with E-state index in [1.807, 2.05) is 29.7 Å². The number of aryl methyl sites for hydroxylation is 1. The highest BCUT2D eigenvalue weighted by molar-refractivity contribution is 5.77. The summed E-state index contributed by atoms with van der Waals surface area (Å²) in [5.74, 6) is 7.13. The average Bonchev–Trinajstić information content (AvgIpc) is 3.35. The minimum atomic E-state index is -0.251. The molecule has 4 aromatic rings. The fourth-order valence-corrected chi connectivity index (χ4v) is 4.21. The Balaban J connectivity index is 1.57. The molecule has 164 valence electrons. The van der Waals surface area contributed by atoms with Crippen molar-refractivity contribution < 1.29 is 4.42 Å². The molecule has 0 spiro atoms. The minimum Gasteiger partial charge on any atom is -0.439 e. The Labute approximate surface area is 184 Å². The molecule has 2 N–H and O–H groups in total. The van der Waals surface area contributed by atoms with Crippen LogP contribution >= 0.6 is 0 Å². The first-order valence-corrected chi connectivity index (χ1v) is 10.8. The van der Waals surface area contributed by atoms with Crippen LogP contribution in [0.3, 0.4) is 0 Å². The summed E-state index contributed by atoms with van der Waals surface area (Å²) in [6.07, 6.45) is 3.60. The maximum Gasteiger partial charge on any atom is 0.293 e. The number of oxazole rings is 1. The van der Waals surface area contributed by atoms with E-state index in [-0.39, 0.29) is 18.1 Å². The van der Waals surface area contributed by atoms with Crippen molar-refractivity contribution in [3.63, 3.8) is 0 Å². The molecule has 9 nitrogen and oxygen atoms in total. The molecule has 0 bridgehead atoms. The number of nitrogens with two attached hydrogens (primary N) is 1. The third kappa shape index (κ3) is 3.63. The zero-order valence-corrected chi connectivity index (χ0v) is 18.2. The molecule has 1 aliphatic rings. The Morgan fingerprint density at radius 3 is 2.97 bits per heavy atom. The van der Waals surface area contributed by atoms with Gasteiger partial charge in [0.15, 0.2) is 5.58 Å². The number of piperidine rings is 1. The summed E-state index contributed by atoms with van der Waals surface area (Å²) in [6.45, 7) is 5.84.